The molecule has 1 amide bonds. The van der Waals surface area contributed by atoms with Gasteiger partial charge in [0, 0.05) is 25.7 Å². The molecule has 1 saturated heterocycles. The standard InChI is InChI=1S/C13H13F3N2O/c14-13(15,16)10-3-1-2-8-6-9-7-17-4-5-18(9)12(19)11(8)10/h1-3,9,17H,4-7H2. The van der Waals surface area contributed by atoms with Gasteiger partial charge < -0.3 is 10.2 Å². The van der Waals surface area contributed by atoms with Crippen LogP contribution in [0.15, 0.2) is 18.2 Å². The average molecular weight is 270 g/mol. The average Bonchev–Trinajstić information content (AvgIpc) is 2.37. The van der Waals surface area contributed by atoms with Crippen LogP contribution in [0.2, 0.25) is 0 Å². The molecule has 0 aromatic heterocycles. The van der Waals surface area contributed by atoms with E-state index >= 15 is 0 Å². The summed E-state index contributed by atoms with van der Waals surface area (Å²) in [7, 11) is 0. The first-order valence-corrected chi connectivity index (χ1v) is 6.19. The maximum atomic E-state index is 13.0. The highest BCUT2D eigenvalue weighted by atomic mass is 19.4. The molecule has 0 saturated carbocycles. The molecule has 1 aromatic carbocycles. The third-order valence-corrected chi connectivity index (χ3v) is 3.74. The van der Waals surface area contributed by atoms with Crippen molar-refractivity contribution < 1.29 is 18.0 Å². The lowest BCUT2D eigenvalue weighted by Crippen LogP contribution is -2.57. The summed E-state index contributed by atoms with van der Waals surface area (Å²) in [5.41, 5.74) is -0.468. The molecule has 0 aliphatic carbocycles. The molecule has 102 valence electrons. The van der Waals surface area contributed by atoms with Crippen molar-refractivity contribution in [3.05, 3.63) is 34.9 Å². The van der Waals surface area contributed by atoms with Gasteiger partial charge in [-0.3, -0.25) is 4.79 Å². The number of piperazine rings is 1. The lowest BCUT2D eigenvalue weighted by molar-refractivity contribution is -0.138. The number of fused-ring (bicyclic) bond motifs is 2. The minimum atomic E-state index is -4.48. The highest BCUT2D eigenvalue weighted by Crippen LogP contribution is 2.36. The van der Waals surface area contributed by atoms with Gasteiger partial charge in [0.2, 0.25) is 0 Å². The smallest absolute Gasteiger partial charge is 0.333 e. The van der Waals surface area contributed by atoms with E-state index in [1.165, 1.54) is 6.07 Å². The van der Waals surface area contributed by atoms with Crippen LogP contribution in [0.5, 0.6) is 0 Å². The van der Waals surface area contributed by atoms with Crippen LogP contribution in [-0.2, 0) is 12.6 Å². The minimum Gasteiger partial charge on any atom is -0.333 e. The molecule has 6 heteroatoms. The molecule has 0 spiro atoms. The molecule has 3 rings (SSSR count). The number of alkyl halides is 3. The Kier molecular flexibility index (Phi) is 2.78. The zero-order valence-electron chi connectivity index (χ0n) is 10.1. The summed E-state index contributed by atoms with van der Waals surface area (Å²) in [5.74, 6) is -0.485. The minimum absolute atomic E-state index is 0.0303. The van der Waals surface area contributed by atoms with Crippen molar-refractivity contribution in [2.75, 3.05) is 19.6 Å². The van der Waals surface area contributed by atoms with Crippen molar-refractivity contribution in [1.82, 2.24) is 10.2 Å². The van der Waals surface area contributed by atoms with E-state index in [1.54, 1.807) is 11.0 Å². The molecule has 1 fully saturated rings. The van der Waals surface area contributed by atoms with Crippen LogP contribution in [0.1, 0.15) is 21.5 Å². The monoisotopic (exact) mass is 270 g/mol. The van der Waals surface area contributed by atoms with Crippen molar-refractivity contribution >= 4 is 5.91 Å². The van der Waals surface area contributed by atoms with Crippen LogP contribution >= 0.6 is 0 Å². The van der Waals surface area contributed by atoms with Crippen molar-refractivity contribution in [3.63, 3.8) is 0 Å². The van der Waals surface area contributed by atoms with Crippen molar-refractivity contribution in [2.45, 2.75) is 18.6 Å². The maximum Gasteiger partial charge on any atom is 0.417 e. The van der Waals surface area contributed by atoms with Gasteiger partial charge >= 0.3 is 6.18 Å². The number of hydrogen-bond acceptors (Lipinski definition) is 2. The number of hydrogen-bond donors (Lipinski definition) is 1. The third kappa shape index (κ3) is 2.00. The Morgan fingerprint density at radius 1 is 1.32 bits per heavy atom. The number of carbonyl (C=O) groups is 1. The van der Waals surface area contributed by atoms with Crippen LogP contribution in [0.4, 0.5) is 13.2 Å². The van der Waals surface area contributed by atoms with E-state index in [0.29, 0.717) is 31.6 Å². The van der Waals surface area contributed by atoms with E-state index in [2.05, 4.69) is 5.32 Å². The van der Waals surface area contributed by atoms with E-state index < -0.39 is 17.6 Å². The Bertz CT molecular complexity index is 527. The summed E-state index contributed by atoms with van der Waals surface area (Å²) >= 11 is 0. The van der Waals surface area contributed by atoms with E-state index in [-0.39, 0.29) is 11.6 Å². The summed E-state index contributed by atoms with van der Waals surface area (Å²) in [5, 5.41) is 3.16. The zero-order valence-corrected chi connectivity index (χ0v) is 10.1. The molecule has 1 unspecified atom stereocenters. The van der Waals surface area contributed by atoms with Gasteiger partial charge in [-0.05, 0) is 18.1 Å². The largest absolute Gasteiger partial charge is 0.417 e. The predicted octanol–water partition coefficient (Wildman–Crippen LogP) is 1.68. The van der Waals surface area contributed by atoms with Gasteiger partial charge in [0.15, 0.2) is 0 Å². The number of halogens is 3. The summed E-state index contributed by atoms with van der Waals surface area (Å²) in [6, 6.07) is 3.95. The summed E-state index contributed by atoms with van der Waals surface area (Å²) in [6.07, 6.45) is -4.00. The Balaban J connectivity index is 2.10. The SMILES string of the molecule is O=C1c2c(cccc2C(F)(F)F)CC2CNCCN12. The number of nitrogens with zero attached hydrogens (tertiary/aromatic N) is 1. The molecule has 0 radical (unpaired) electrons. The zero-order chi connectivity index (χ0) is 13.6. The first-order valence-electron chi connectivity index (χ1n) is 6.19. The van der Waals surface area contributed by atoms with Crippen LogP contribution < -0.4 is 5.32 Å². The van der Waals surface area contributed by atoms with Crippen LogP contribution in [0.3, 0.4) is 0 Å². The summed E-state index contributed by atoms with van der Waals surface area (Å²) < 4.78 is 39.0. The second kappa shape index (κ2) is 4.23. The number of amides is 1. The van der Waals surface area contributed by atoms with Gasteiger partial charge in [-0.1, -0.05) is 12.1 Å². The Morgan fingerprint density at radius 2 is 2.11 bits per heavy atom. The predicted molar refractivity (Wildman–Crippen MR) is 62.8 cm³/mol. The highest BCUT2D eigenvalue weighted by Gasteiger charge is 2.41. The molecular weight excluding hydrogens is 257 g/mol. The molecule has 0 bridgehead atoms. The number of carbonyl (C=O) groups excluding carboxylic acids is 1. The van der Waals surface area contributed by atoms with E-state index in [4.69, 9.17) is 0 Å². The topological polar surface area (TPSA) is 32.3 Å². The van der Waals surface area contributed by atoms with Gasteiger partial charge in [0.1, 0.15) is 0 Å². The lowest BCUT2D eigenvalue weighted by Gasteiger charge is -2.40. The third-order valence-electron chi connectivity index (χ3n) is 3.74. The van der Waals surface area contributed by atoms with Gasteiger partial charge in [0.05, 0.1) is 11.1 Å². The van der Waals surface area contributed by atoms with Crippen LogP contribution in [0.25, 0.3) is 0 Å². The highest BCUT2D eigenvalue weighted by molar-refractivity contribution is 5.98. The normalized spacial score (nSPS) is 23.0. The lowest BCUT2D eigenvalue weighted by atomic mass is 9.89. The van der Waals surface area contributed by atoms with Crippen LogP contribution in [0, 0.1) is 0 Å². The Morgan fingerprint density at radius 3 is 2.84 bits per heavy atom. The fraction of sp³-hybridized carbons (Fsp3) is 0.462. The van der Waals surface area contributed by atoms with Crippen molar-refractivity contribution in [1.29, 1.82) is 0 Å². The van der Waals surface area contributed by atoms with E-state index in [9.17, 15) is 18.0 Å². The molecule has 2 aliphatic heterocycles. The molecule has 1 N–H and O–H groups in total. The number of nitrogens with one attached hydrogen (secondary N) is 1. The molecule has 2 heterocycles. The molecule has 1 atom stereocenters. The quantitative estimate of drug-likeness (QED) is 0.778. The summed E-state index contributed by atoms with van der Waals surface area (Å²) in [6.45, 7) is 1.74. The second-order valence-electron chi connectivity index (χ2n) is 4.90. The Hall–Kier alpha value is -1.56. The Labute approximate surface area is 108 Å². The first-order chi connectivity index (χ1) is 8.98. The second-order valence-corrected chi connectivity index (χ2v) is 4.90. The van der Waals surface area contributed by atoms with Gasteiger partial charge in [0.25, 0.3) is 5.91 Å². The van der Waals surface area contributed by atoms with Crippen molar-refractivity contribution in [3.8, 4) is 0 Å². The van der Waals surface area contributed by atoms with Crippen molar-refractivity contribution in [2.24, 2.45) is 0 Å². The van der Waals surface area contributed by atoms with Gasteiger partial charge in [-0.25, -0.2) is 0 Å². The molecule has 19 heavy (non-hydrogen) atoms. The first kappa shape index (κ1) is 12.5. The van der Waals surface area contributed by atoms with Crippen LogP contribution in [-0.4, -0.2) is 36.5 Å². The number of rotatable bonds is 0. The molecule has 1 aromatic rings. The maximum absolute atomic E-state index is 13.0. The number of benzene rings is 1. The molecule has 3 nitrogen and oxygen atoms in total. The summed E-state index contributed by atoms with van der Waals surface area (Å²) in [4.78, 5) is 13.9. The van der Waals surface area contributed by atoms with Gasteiger partial charge in [-0.2, -0.15) is 13.2 Å². The van der Waals surface area contributed by atoms with E-state index in [0.717, 1.165) is 6.07 Å². The molecule has 2 aliphatic rings. The van der Waals surface area contributed by atoms with Gasteiger partial charge in [-0.15, -0.1) is 0 Å². The fourth-order valence-corrected chi connectivity index (χ4v) is 2.87. The fourth-order valence-electron chi connectivity index (χ4n) is 2.87. The van der Waals surface area contributed by atoms with E-state index in [1.807, 2.05) is 0 Å². The molecular formula is C13H13F3N2O.